The van der Waals surface area contributed by atoms with E-state index in [-0.39, 0.29) is 0 Å². The standard InChI is InChI=1S/C26H33N3O2S2/c1-19-8-7-15-28(17-19)33(30,31)23-13-14-25-24(16-23)27-26(29(25)22-11-5-6-12-22)32-18-21-10-4-3-9-20(21)2/h3-4,9-10,13-14,16,19,22H,5-8,11-12,15,17-18H2,1-2H3/t19-/m1/s1. The zero-order valence-electron chi connectivity index (χ0n) is 19.5. The number of hydrogen-bond acceptors (Lipinski definition) is 4. The fraction of sp³-hybridized carbons (Fsp3) is 0.500. The Kier molecular flexibility index (Phi) is 6.56. The van der Waals surface area contributed by atoms with E-state index in [4.69, 9.17) is 4.98 Å². The van der Waals surface area contributed by atoms with Gasteiger partial charge in [-0.05, 0) is 67.9 Å². The molecule has 1 saturated carbocycles. The fourth-order valence-electron chi connectivity index (χ4n) is 5.26. The number of piperidine rings is 1. The van der Waals surface area contributed by atoms with E-state index in [0.717, 1.165) is 47.6 Å². The molecule has 0 bridgehead atoms. The Bertz CT molecular complexity index is 1250. The van der Waals surface area contributed by atoms with Gasteiger partial charge in [0.2, 0.25) is 10.0 Å². The monoisotopic (exact) mass is 483 g/mol. The number of nitrogens with zero attached hydrogens (tertiary/aromatic N) is 3. The van der Waals surface area contributed by atoms with E-state index in [0.29, 0.717) is 29.9 Å². The van der Waals surface area contributed by atoms with Crippen molar-refractivity contribution in [3.05, 3.63) is 53.6 Å². The summed E-state index contributed by atoms with van der Waals surface area (Å²) in [7, 11) is -3.49. The number of imidazole rings is 1. The first-order chi connectivity index (χ1) is 15.9. The van der Waals surface area contributed by atoms with E-state index in [1.807, 2.05) is 6.07 Å². The van der Waals surface area contributed by atoms with Gasteiger partial charge >= 0.3 is 0 Å². The molecule has 2 aromatic carbocycles. The van der Waals surface area contributed by atoms with Crippen LogP contribution in [-0.2, 0) is 15.8 Å². The molecule has 2 fully saturated rings. The fourth-order valence-corrected chi connectivity index (χ4v) is 8.04. The van der Waals surface area contributed by atoms with Gasteiger partial charge in [-0.1, -0.05) is 55.8 Å². The van der Waals surface area contributed by atoms with E-state index in [9.17, 15) is 8.42 Å². The van der Waals surface area contributed by atoms with Gasteiger partial charge in [-0.25, -0.2) is 13.4 Å². The molecule has 0 unspecified atom stereocenters. The van der Waals surface area contributed by atoms with Crippen LogP contribution in [0.3, 0.4) is 0 Å². The zero-order chi connectivity index (χ0) is 23.0. The van der Waals surface area contributed by atoms with Crippen molar-refractivity contribution < 1.29 is 8.42 Å². The summed E-state index contributed by atoms with van der Waals surface area (Å²) in [5.41, 5.74) is 4.45. The van der Waals surface area contributed by atoms with E-state index in [1.165, 1.54) is 24.0 Å². The predicted octanol–water partition coefficient (Wildman–Crippen LogP) is 6.17. The highest BCUT2D eigenvalue weighted by Crippen LogP contribution is 2.38. The van der Waals surface area contributed by atoms with Crippen LogP contribution < -0.4 is 0 Å². The first-order valence-corrected chi connectivity index (χ1v) is 14.6. The van der Waals surface area contributed by atoms with Crippen LogP contribution in [0.5, 0.6) is 0 Å². The minimum absolute atomic E-state index is 0.371. The summed E-state index contributed by atoms with van der Waals surface area (Å²) >= 11 is 1.76. The number of sulfonamides is 1. The molecular formula is C26H33N3O2S2. The normalized spacial score (nSPS) is 20.6. The molecule has 7 heteroatoms. The van der Waals surface area contributed by atoms with Crippen molar-refractivity contribution in [1.29, 1.82) is 0 Å². The summed E-state index contributed by atoms with van der Waals surface area (Å²) in [4.78, 5) is 5.35. The summed E-state index contributed by atoms with van der Waals surface area (Å²) in [6.45, 7) is 5.49. The Balaban J connectivity index is 1.50. The Morgan fingerprint density at radius 1 is 1.06 bits per heavy atom. The SMILES string of the molecule is Cc1ccccc1CSc1nc2cc(S(=O)(=O)N3CCC[C@@H](C)C3)ccc2n1C1CCCC1. The van der Waals surface area contributed by atoms with Crippen molar-refractivity contribution in [3.8, 4) is 0 Å². The van der Waals surface area contributed by atoms with Crippen molar-refractivity contribution in [2.24, 2.45) is 5.92 Å². The quantitative estimate of drug-likeness (QED) is 0.393. The maximum Gasteiger partial charge on any atom is 0.243 e. The summed E-state index contributed by atoms with van der Waals surface area (Å²) in [6, 6.07) is 14.5. The lowest BCUT2D eigenvalue weighted by atomic mass is 10.0. The van der Waals surface area contributed by atoms with Gasteiger partial charge in [-0.15, -0.1) is 0 Å². The Labute approximate surface area is 201 Å². The highest BCUT2D eigenvalue weighted by Gasteiger charge is 2.30. The highest BCUT2D eigenvalue weighted by atomic mass is 32.2. The molecule has 2 aliphatic rings. The van der Waals surface area contributed by atoms with Crippen LogP contribution in [0.25, 0.3) is 11.0 Å². The van der Waals surface area contributed by atoms with Crippen LogP contribution in [-0.4, -0.2) is 35.4 Å². The van der Waals surface area contributed by atoms with E-state index in [1.54, 1.807) is 28.2 Å². The van der Waals surface area contributed by atoms with E-state index in [2.05, 4.69) is 42.7 Å². The Morgan fingerprint density at radius 2 is 1.85 bits per heavy atom. The third kappa shape index (κ3) is 4.60. The van der Waals surface area contributed by atoms with Crippen molar-refractivity contribution in [3.63, 3.8) is 0 Å². The maximum absolute atomic E-state index is 13.4. The van der Waals surface area contributed by atoms with E-state index < -0.39 is 10.0 Å². The van der Waals surface area contributed by atoms with E-state index >= 15 is 0 Å². The van der Waals surface area contributed by atoms with Crippen molar-refractivity contribution in [2.75, 3.05) is 13.1 Å². The molecule has 1 atom stereocenters. The van der Waals surface area contributed by atoms with Crippen LogP contribution in [0.4, 0.5) is 0 Å². The first kappa shape index (κ1) is 22.9. The lowest BCUT2D eigenvalue weighted by molar-refractivity contribution is 0.281. The second-order valence-electron chi connectivity index (χ2n) is 9.68. The smallest absolute Gasteiger partial charge is 0.243 e. The number of aromatic nitrogens is 2. The molecule has 33 heavy (non-hydrogen) atoms. The summed E-state index contributed by atoms with van der Waals surface area (Å²) in [5.74, 6) is 1.27. The molecule has 1 aliphatic heterocycles. The molecule has 5 nitrogen and oxygen atoms in total. The van der Waals surface area contributed by atoms with Gasteiger partial charge in [-0.2, -0.15) is 4.31 Å². The number of hydrogen-bond donors (Lipinski definition) is 0. The van der Waals surface area contributed by atoms with Gasteiger partial charge in [-0.3, -0.25) is 0 Å². The number of aryl methyl sites for hydroxylation is 1. The molecule has 0 N–H and O–H groups in total. The maximum atomic E-state index is 13.4. The average molecular weight is 484 g/mol. The number of rotatable bonds is 6. The number of benzene rings is 2. The van der Waals surface area contributed by atoms with Gasteiger partial charge < -0.3 is 4.57 Å². The third-order valence-electron chi connectivity index (χ3n) is 7.19. The Hall–Kier alpha value is -1.83. The minimum atomic E-state index is -3.49. The summed E-state index contributed by atoms with van der Waals surface area (Å²) < 4.78 is 30.8. The minimum Gasteiger partial charge on any atom is -0.316 e. The van der Waals surface area contributed by atoms with Gasteiger partial charge in [0.25, 0.3) is 0 Å². The van der Waals surface area contributed by atoms with Crippen LogP contribution in [0.1, 0.15) is 62.6 Å². The molecular weight excluding hydrogens is 450 g/mol. The molecule has 1 aromatic heterocycles. The molecule has 176 valence electrons. The number of fused-ring (bicyclic) bond motifs is 1. The van der Waals surface area contributed by atoms with Crippen LogP contribution in [0.15, 0.2) is 52.5 Å². The number of thioether (sulfide) groups is 1. The lowest BCUT2D eigenvalue weighted by Crippen LogP contribution is -2.39. The lowest BCUT2D eigenvalue weighted by Gasteiger charge is -2.30. The second kappa shape index (κ2) is 9.43. The zero-order valence-corrected chi connectivity index (χ0v) is 21.2. The van der Waals surface area contributed by atoms with Crippen molar-refractivity contribution in [2.45, 2.75) is 74.2 Å². The molecule has 2 heterocycles. The van der Waals surface area contributed by atoms with Crippen molar-refractivity contribution in [1.82, 2.24) is 13.9 Å². The van der Waals surface area contributed by atoms with Gasteiger partial charge in [0.15, 0.2) is 5.16 Å². The third-order valence-corrected chi connectivity index (χ3v) is 10.1. The molecule has 1 saturated heterocycles. The molecule has 0 amide bonds. The van der Waals surface area contributed by atoms with Crippen LogP contribution in [0.2, 0.25) is 0 Å². The van der Waals surface area contributed by atoms with Gasteiger partial charge in [0.05, 0.1) is 15.9 Å². The van der Waals surface area contributed by atoms with Crippen LogP contribution >= 0.6 is 11.8 Å². The van der Waals surface area contributed by atoms with Crippen LogP contribution in [0, 0.1) is 12.8 Å². The largest absolute Gasteiger partial charge is 0.316 e. The Morgan fingerprint density at radius 3 is 2.61 bits per heavy atom. The summed E-state index contributed by atoms with van der Waals surface area (Å²) in [6.07, 6.45) is 6.83. The van der Waals surface area contributed by atoms with Crippen molar-refractivity contribution >= 4 is 32.8 Å². The molecule has 3 aromatic rings. The highest BCUT2D eigenvalue weighted by molar-refractivity contribution is 7.98. The average Bonchev–Trinajstić information content (AvgIpc) is 3.45. The topological polar surface area (TPSA) is 55.2 Å². The second-order valence-corrected chi connectivity index (χ2v) is 12.6. The molecule has 1 aliphatic carbocycles. The first-order valence-electron chi connectivity index (χ1n) is 12.1. The van der Waals surface area contributed by atoms with Gasteiger partial charge in [0.1, 0.15) is 0 Å². The molecule has 0 radical (unpaired) electrons. The molecule has 5 rings (SSSR count). The van der Waals surface area contributed by atoms with Gasteiger partial charge in [0, 0.05) is 24.9 Å². The molecule has 0 spiro atoms. The predicted molar refractivity (Wildman–Crippen MR) is 135 cm³/mol. The summed E-state index contributed by atoms with van der Waals surface area (Å²) in [5, 5.41) is 1.00.